The average Bonchev–Trinajstić information content (AvgIpc) is 3.56. The van der Waals surface area contributed by atoms with Gasteiger partial charge >= 0.3 is 0 Å². The molecule has 3 heterocycles. The summed E-state index contributed by atoms with van der Waals surface area (Å²) in [6.07, 6.45) is 6.00. The van der Waals surface area contributed by atoms with Crippen LogP contribution in [0.25, 0.3) is 16.7 Å². The van der Waals surface area contributed by atoms with Crippen LogP contribution >= 0.6 is 0 Å². The van der Waals surface area contributed by atoms with Crippen LogP contribution < -0.4 is 10.2 Å². The van der Waals surface area contributed by atoms with Gasteiger partial charge in [0, 0.05) is 11.4 Å². The lowest BCUT2D eigenvalue weighted by Crippen LogP contribution is -2.44. The Hall–Kier alpha value is -3.58. The van der Waals surface area contributed by atoms with Crippen molar-refractivity contribution in [2.24, 2.45) is 11.3 Å². The Labute approximate surface area is 203 Å². The van der Waals surface area contributed by atoms with Crippen LogP contribution in [0.2, 0.25) is 0 Å². The van der Waals surface area contributed by atoms with Gasteiger partial charge in [0.05, 0.1) is 35.2 Å². The maximum Gasteiger partial charge on any atom is 0.234 e. The molecular formula is C28H28FN5O. The van der Waals surface area contributed by atoms with Gasteiger partial charge in [0.1, 0.15) is 5.82 Å². The van der Waals surface area contributed by atoms with Crippen LogP contribution in [-0.4, -0.2) is 33.3 Å². The molecule has 1 unspecified atom stereocenters. The molecule has 2 atom stereocenters. The van der Waals surface area contributed by atoms with Gasteiger partial charge < -0.3 is 10.2 Å². The van der Waals surface area contributed by atoms with E-state index in [1.807, 2.05) is 43.0 Å². The van der Waals surface area contributed by atoms with Gasteiger partial charge in [-0.15, -0.1) is 0 Å². The van der Waals surface area contributed by atoms with E-state index in [-0.39, 0.29) is 23.8 Å². The van der Waals surface area contributed by atoms with Crippen LogP contribution in [0.5, 0.6) is 0 Å². The normalized spacial score (nSPS) is 21.7. The largest absolute Gasteiger partial charge is 0.310 e. The van der Waals surface area contributed by atoms with Gasteiger partial charge in [-0.05, 0) is 75.0 Å². The standard InChI is InChI=1S/C28H28FN5O/c1-28(2)25(30-15-18-8-9-18)24(19-6-4-3-5-7-19)33(27(28)35)23-14-20-16-32-34(26(20)31-17-23)22-12-10-21(29)11-13-22/h3-7,10-14,16-18,24-25,30H,8-9,15H2,1-2H3/t24?,25-/m1/s1. The lowest BCUT2D eigenvalue weighted by molar-refractivity contribution is -0.124. The number of rotatable bonds is 6. The molecule has 6 nitrogen and oxygen atoms in total. The molecule has 2 aromatic carbocycles. The molecule has 1 aliphatic heterocycles. The molecule has 2 aromatic heterocycles. The van der Waals surface area contributed by atoms with Crippen LogP contribution in [0.15, 0.2) is 73.1 Å². The van der Waals surface area contributed by atoms with Gasteiger partial charge in [0.15, 0.2) is 5.65 Å². The number of nitrogens with one attached hydrogen (secondary N) is 1. The van der Waals surface area contributed by atoms with Crippen LogP contribution in [0.1, 0.15) is 38.3 Å². The molecule has 0 spiro atoms. The first kappa shape index (κ1) is 21.9. The molecular weight excluding hydrogens is 441 g/mol. The van der Waals surface area contributed by atoms with E-state index in [4.69, 9.17) is 4.98 Å². The molecule has 7 heteroatoms. The number of pyridine rings is 1. The summed E-state index contributed by atoms with van der Waals surface area (Å²) in [5.74, 6) is 0.487. The number of amides is 1. The molecule has 6 rings (SSSR count). The zero-order chi connectivity index (χ0) is 24.2. The fourth-order valence-corrected chi connectivity index (χ4v) is 5.18. The second-order valence-corrected chi connectivity index (χ2v) is 10.2. The van der Waals surface area contributed by atoms with E-state index < -0.39 is 5.41 Å². The van der Waals surface area contributed by atoms with Gasteiger partial charge in [0.25, 0.3) is 0 Å². The van der Waals surface area contributed by atoms with Crippen molar-refractivity contribution in [2.75, 3.05) is 11.4 Å². The van der Waals surface area contributed by atoms with Crippen molar-refractivity contribution in [1.29, 1.82) is 0 Å². The summed E-state index contributed by atoms with van der Waals surface area (Å²) >= 11 is 0. The second kappa shape index (κ2) is 8.27. The average molecular weight is 470 g/mol. The monoisotopic (exact) mass is 469 g/mol. The first-order valence-electron chi connectivity index (χ1n) is 12.2. The molecule has 178 valence electrons. The molecule has 2 fully saturated rings. The molecule has 2 aliphatic rings. The molecule has 1 amide bonds. The Kier molecular flexibility index (Phi) is 5.18. The third kappa shape index (κ3) is 3.80. The minimum Gasteiger partial charge on any atom is -0.310 e. The van der Waals surface area contributed by atoms with E-state index in [2.05, 4.69) is 22.5 Å². The topological polar surface area (TPSA) is 63.1 Å². The fraction of sp³-hybridized carbons (Fsp3) is 0.321. The number of carbonyl (C=O) groups excluding carboxylic acids is 1. The van der Waals surface area contributed by atoms with Crippen LogP contribution in [0.4, 0.5) is 10.1 Å². The van der Waals surface area contributed by atoms with E-state index in [0.717, 1.165) is 28.9 Å². The van der Waals surface area contributed by atoms with Crippen molar-refractivity contribution >= 4 is 22.6 Å². The minimum atomic E-state index is -0.581. The number of halogens is 1. The first-order chi connectivity index (χ1) is 16.9. The summed E-state index contributed by atoms with van der Waals surface area (Å²) in [4.78, 5) is 20.5. The van der Waals surface area contributed by atoms with Crippen LogP contribution in [0.3, 0.4) is 0 Å². The number of anilines is 1. The van der Waals surface area contributed by atoms with Gasteiger partial charge in [-0.25, -0.2) is 14.1 Å². The van der Waals surface area contributed by atoms with Crippen molar-refractivity contribution in [3.05, 3.63) is 84.4 Å². The van der Waals surface area contributed by atoms with Crippen molar-refractivity contribution in [1.82, 2.24) is 20.1 Å². The molecule has 1 saturated carbocycles. The Morgan fingerprint density at radius 2 is 1.77 bits per heavy atom. The van der Waals surface area contributed by atoms with Crippen LogP contribution in [-0.2, 0) is 4.79 Å². The number of benzene rings is 2. The highest BCUT2D eigenvalue weighted by Crippen LogP contribution is 2.47. The summed E-state index contributed by atoms with van der Waals surface area (Å²) in [5.41, 5.74) is 2.65. The van der Waals surface area contributed by atoms with Gasteiger partial charge in [-0.1, -0.05) is 30.3 Å². The molecule has 1 aliphatic carbocycles. The van der Waals surface area contributed by atoms with Crippen molar-refractivity contribution in [2.45, 2.75) is 38.8 Å². The molecule has 1 saturated heterocycles. The van der Waals surface area contributed by atoms with Crippen molar-refractivity contribution in [3.63, 3.8) is 0 Å². The predicted molar refractivity (Wildman–Crippen MR) is 134 cm³/mol. The summed E-state index contributed by atoms with van der Waals surface area (Å²) in [6, 6.07) is 18.2. The quantitative estimate of drug-likeness (QED) is 0.430. The lowest BCUT2D eigenvalue weighted by Gasteiger charge is -2.31. The molecule has 35 heavy (non-hydrogen) atoms. The number of hydrogen-bond acceptors (Lipinski definition) is 4. The summed E-state index contributed by atoms with van der Waals surface area (Å²) < 4.78 is 15.1. The maximum absolute atomic E-state index is 13.9. The number of hydrogen-bond donors (Lipinski definition) is 1. The number of fused-ring (bicyclic) bond motifs is 1. The van der Waals surface area contributed by atoms with E-state index in [1.54, 1.807) is 29.2 Å². The van der Waals surface area contributed by atoms with Crippen molar-refractivity contribution in [3.8, 4) is 5.69 Å². The summed E-state index contributed by atoms with van der Waals surface area (Å²) in [7, 11) is 0. The Morgan fingerprint density at radius 3 is 2.49 bits per heavy atom. The van der Waals surface area contributed by atoms with Gasteiger partial charge in [-0.2, -0.15) is 5.10 Å². The summed E-state index contributed by atoms with van der Waals surface area (Å²) in [6.45, 7) is 5.00. The fourth-order valence-electron chi connectivity index (χ4n) is 5.18. The molecule has 1 N–H and O–H groups in total. The summed E-state index contributed by atoms with van der Waals surface area (Å²) in [5, 5.41) is 9.04. The smallest absolute Gasteiger partial charge is 0.234 e. The number of nitrogens with zero attached hydrogens (tertiary/aromatic N) is 4. The van der Waals surface area contributed by atoms with E-state index in [9.17, 15) is 9.18 Å². The predicted octanol–water partition coefficient (Wildman–Crippen LogP) is 5.04. The molecule has 0 bridgehead atoms. The highest BCUT2D eigenvalue weighted by molar-refractivity contribution is 6.02. The van der Waals surface area contributed by atoms with E-state index >= 15 is 0 Å². The van der Waals surface area contributed by atoms with Gasteiger partial charge in [0.2, 0.25) is 5.91 Å². The first-order valence-corrected chi connectivity index (χ1v) is 12.2. The van der Waals surface area contributed by atoms with E-state index in [1.165, 1.54) is 25.0 Å². The third-order valence-electron chi connectivity index (χ3n) is 7.35. The van der Waals surface area contributed by atoms with Crippen LogP contribution in [0, 0.1) is 17.2 Å². The number of aromatic nitrogens is 3. The molecule has 0 radical (unpaired) electrons. The van der Waals surface area contributed by atoms with Gasteiger partial charge in [-0.3, -0.25) is 4.79 Å². The lowest BCUT2D eigenvalue weighted by atomic mass is 9.82. The minimum absolute atomic E-state index is 0.0318. The molecule has 4 aromatic rings. The zero-order valence-corrected chi connectivity index (χ0v) is 19.9. The maximum atomic E-state index is 13.9. The second-order valence-electron chi connectivity index (χ2n) is 10.2. The SMILES string of the molecule is CC1(C)C(=O)N(c2cnc3c(cnn3-c3ccc(F)cc3)c2)C(c2ccccc2)[C@H]1NCC1CC1. The third-order valence-corrected chi connectivity index (χ3v) is 7.35. The van der Waals surface area contributed by atoms with Crippen molar-refractivity contribution < 1.29 is 9.18 Å². The highest BCUT2D eigenvalue weighted by atomic mass is 19.1. The zero-order valence-electron chi connectivity index (χ0n) is 19.9. The Balaban J connectivity index is 1.42. The van der Waals surface area contributed by atoms with E-state index in [0.29, 0.717) is 11.6 Å². The Bertz CT molecular complexity index is 1380. The Morgan fingerprint density at radius 1 is 1.03 bits per heavy atom. The highest BCUT2D eigenvalue weighted by Gasteiger charge is 2.54. The number of carbonyl (C=O) groups is 1.